The molecule has 0 aromatic rings. The van der Waals surface area contributed by atoms with E-state index in [1.165, 1.54) is 25.7 Å². The van der Waals surface area contributed by atoms with Gasteiger partial charge in [-0.25, -0.2) is 0 Å². The Labute approximate surface area is 115 Å². The Morgan fingerprint density at radius 1 is 1.12 bits per heavy atom. The SMILES string of the molecule is CCCCC(CC)C(=O)NCCCCCCBr. The number of hydrogen-bond donors (Lipinski definition) is 1. The zero-order chi connectivity index (χ0) is 12.9. The van der Waals surface area contributed by atoms with Crippen molar-refractivity contribution in [3.05, 3.63) is 0 Å². The van der Waals surface area contributed by atoms with Crippen LogP contribution in [0.25, 0.3) is 0 Å². The number of rotatable bonds is 11. The Morgan fingerprint density at radius 2 is 1.82 bits per heavy atom. The van der Waals surface area contributed by atoms with Crippen molar-refractivity contribution in [2.45, 2.75) is 65.2 Å². The van der Waals surface area contributed by atoms with E-state index in [9.17, 15) is 4.79 Å². The minimum atomic E-state index is 0.234. The van der Waals surface area contributed by atoms with Crippen LogP contribution >= 0.6 is 15.9 Å². The molecular weight excluding hydrogens is 278 g/mol. The van der Waals surface area contributed by atoms with Gasteiger partial charge in [-0.1, -0.05) is 55.5 Å². The maximum absolute atomic E-state index is 11.9. The number of halogens is 1. The molecule has 1 N–H and O–H groups in total. The number of carbonyl (C=O) groups is 1. The fourth-order valence-corrected chi connectivity index (χ4v) is 2.30. The van der Waals surface area contributed by atoms with Crippen LogP contribution in [0, 0.1) is 5.92 Å². The van der Waals surface area contributed by atoms with Crippen LogP contribution in [0.1, 0.15) is 65.2 Å². The summed E-state index contributed by atoms with van der Waals surface area (Å²) >= 11 is 3.42. The zero-order valence-electron chi connectivity index (χ0n) is 11.4. The van der Waals surface area contributed by atoms with Gasteiger partial charge in [0.25, 0.3) is 0 Å². The molecule has 1 atom stereocenters. The first-order chi connectivity index (χ1) is 8.26. The van der Waals surface area contributed by atoms with Crippen LogP contribution in [0.2, 0.25) is 0 Å². The third-order valence-electron chi connectivity index (χ3n) is 3.13. The molecule has 1 amide bonds. The molecule has 0 radical (unpaired) electrons. The molecule has 1 unspecified atom stereocenters. The normalized spacial score (nSPS) is 12.4. The number of unbranched alkanes of at least 4 members (excludes halogenated alkanes) is 4. The number of nitrogens with one attached hydrogen (secondary N) is 1. The van der Waals surface area contributed by atoms with Crippen LogP contribution in [-0.2, 0) is 4.79 Å². The Balaban J connectivity index is 3.54. The van der Waals surface area contributed by atoms with Gasteiger partial charge in [-0.05, 0) is 25.7 Å². The first-order valence-electron chi connectivity index (χ1n) is 7.09. The smallest absolute Gasteiger partial charge is 0.223 e. The maximum atomic E-state index is 11.9. The van der Waals surface area contributed by atoms with E-state index in [1.54, 1.807) is 0 Å². The lowest BCUT2D eigenvalue weighted by Gasteiger charge is -2.14. The number of carbonyl (C=O) groups excluding carboxylic acids is 1. The Morgan fingerprint density at radius 3 is 2.41 bits per heavy atom. The molecule has 0 spiro atoms. The summed E-state index contributed by atoms with van der Waals surface area (Å²) in [6.45, 7) is 5.13. The summed E-state index contributed by atoms with van der Waals surface area (Å²) in [6.07, 6.45) is 9.18. The molecule has 102 valence electrons. The summed E-state index contributed by atoms with van der Waals surface area (Å²) in [4.78, 5) is 11.9. The highest BCUT2D eigenvalue weighted by atomic mass is 79.9. The molecular formula is C14H28BrNO. The molecule has 0 fully saturated rings. The number of hydrogen-bond acceptors (Lipinski definition) is 1. The van der Waals surface area contributed by atoms with Gasteiger partial charge in [-0.3, -0.25) is 4.79 Å². The summed E-state index contributed by atoms with van der Waals surface area (Å²) in [7, 11) is 0. The number of alkyl halides is 1. The van der Waals surface area contributed by atoms with E-state index in [-0.39, 0.29) is 11.8 Å². The highest BCUT2D eigenvalue weighted by Gasteiger charge is 2.14. The van der Waals surface area contributed by atoms with Gasteiger partial charge in [-0.15, -0.1) is 0 Å². The maximum Gasteiger partial charge on any atom is 0.223 e. The van der Waals surface area contributed by atoms with Crippen LogP contribution in [-0.4, -0.2) is 17.8 Å². The fraction of sp³-hybridized carbons (Fsp3) is 0.929. The van der Waals surface area contributed by atoms with Gasteiger partial charge in [0.05, 0.1) is 0 Å². The third kappa shape index (κ3) is 9.63. The molecule has 0 saturated heterocycles. The van der Waals surface area contributed by atoms with E-state index >= 15 is 0 Å². The van der Waals surface area contributed by atoms with Gasteiger partial charge in [0.1, 0.15) is 0 Å². The van der Waals surface area contributed by atoms with Crippen molar-refractivity contribution in [2.75, 3.05) is 11.9 Å². The average molecular weight is 306 g/mol. The first-order valence-corrected chi connectivity index (χ1v) is 8.22. The topological polar surface area (TPSA) is 29.1 Å². The quantitative estimate of drug-likeness (QED) is 0.448. The molecule has 0 aliphatic heterocycles. The van der Waals surface area contributed by atoms with Gasteiger partial charge in [0.2, 0.25) is 5.91 Å². The Bertz CT molecular complexity index is 185. The standard InChI is InChI=1S/C14H28BrNO/c1-3-5-10-13(4-2)14(17)16-12-9-7-6-8-11-15/h13H,3-12H2,1-2H3,(H,16,17). The second-order valence-electron chi connectivity index (χ2n) is 4.64. The van der Waals surface area contributed by atoms with E-state index < -0.39 is 0 Å². The van der Waals surface area contributed by atoms with Crippen molar-refractivity contribution in [2.24, 2.45) is 5.92 Å². The predicted octanol–water partition coefficient (Wildman–Crippen LogP) is 4.27. The summed E-state index contributed by atoms with van der Waals surface area (Å²) in [5, 5.41) is 4.16. The summed E-state index contributed by atoms with van der Waals surface area (Å²) < 4.78 is 0. The minimum Gasteiger partial charge on any atom is -0.356 e. The summed E-state index contributed by atoms with van der Waals surface area (Å²) in [5.74, 6) is 0.499. The molecule has 0 rings (SSSR count). The second kappa shape index (κ2) is 12.4. The molecule has 2 nitrogen and oxygen atoms in total. The molecule has 0 aromatic carbocycles. The lowest BCUT2D eigenvalue weighted by molar-refractivity contribution is -0.125. The summed E-state index contributed by atoms with van der Waals surface area (Å²) in [6, 6.07) is 0. The van der Waals surface area contributed by atoms with E-state index in [1.807, 2.05) is 0 Å². The van der Waals surface area contributed by atoms with Gasteiger partial charge in [-0.2, -0.15) is 0 Å². The lowest BCUT2D eigenvalue weighted by Crippen LogP contribution is -2.31. The van der Waals surface area contributed by atoms with E-state index in [4.69, 9.17) is 0 Å². The highest BCUT2D eigenvalue weighted by molar-refractivity contribution is 9.09. The monoisotopic (exact) mass is 305 g/mol. The predicted molar refractivity (Wildman–Crippen MR) is 78.6 cm³/mol. The van der Waals surface area contributed by atoms with Crippen LogP contribution in [0.5, 0.6) is 0 Å². The summed E-state index contributed by atoms with van der Waals surface area (Å²) in [5.41, 5.74) is 0. The van der Waals surface area contributed by atoms with Crippen molar-refractivity contribution < 1.29 is 4.79 Å². The van der Waals surface area contributed by atoms with Gasteiger partial charge >= 0.3 is 0 Å². The fourth-order valence-electron chi connectivity index (χ4n) is 1.90. The molecule has 0 aromatic heterocycles. The molecule has 0 aliphatic carbocycles. The zero-order valence-corrected chi connectivity index (χ0v) is 13.0. The first kappa shape index (κ1) is 16.9. The van der Waals surface area contributed by atoms with Gasteiger partial charge in [0, 0.05) is 17.8 Å². The molecule has 0 bridgehead atoms. The molecule has 0 aliphatic rings. The van der Waals surface area contributed by atoms with E-state index in [0.29, 0.717) is 0 Å². The Kier molecular flexibility index (Phi) is 12.4. The van der Waals surface area contributed by atoms with Crippen molar-refractivity contribution in [3.8, 4) is 0 Å². The van der Waals surface area contributed by atoms with Crippen molar-refractivity contribution >= 4 is 21.8 Å². The van der Waals surface area contributed by atoms with Crippen LogP contribution < -0.4 is 5.32 Å². The van der Waals surface area contributed by atoms with Crippen molar-refractivity contribution in [1.29, 1.82) is 0 Å². The largest absolute Gasteiger partial charge is 0.356 e. The minimum absolute atomic E-state index is 0.234. The number of amides is 1. The Hall–Kier alpha value is -0.0500. The van der Waals surface area contributed by atoms with Crippen LogP contribution in [0.3, 0.4) is 0 Å². The van der Waals surface area contributed by atoms with E-state index in [2.05, 4.69) is 35.1 Å². The molecule has 0 heterocycles. The third-order valence-corrected chi connectivity index (χ3v) is 3.69. The van der Waals surface area contributed by atoms with Gasteiger partial charge < -0.3 is 5.32 Å². The second-order valence-corrected chi connectivity index (χ2v) is 5.43. The highest BCUT2D eigenvalue weighted by Crippen LogP contribution is 2.12. The molecule has 0 saturated carbocycles. The van der Waals surface area contributed by atoms with E-state index in [0.717, 1.165) is 37.6 Å². The molecule has 3 heteroatoms. The van der Waals surface area contributed by atoms with Crippen LogP contribution in [0.4, 0.5) is 0 Å². The van der Waals surface area contributed by atoms with Gasteiger partial charge in [0.15, 0.2) is 0 Å². The average Bonchev–Trinajstić information content (AvgIpc) is 2.34. The van der Waals surface area contributed by atoms with Crippen molar-refractivity contribution in [3.63, 3.8) is 0 Å². The molecule has 17 heavy (non-hydrogen) atoms. The van der Waals surface area contributed by atoms with Crippen molar-refractivity contribution in [1.82, 2.24) is 5.32 Å². The lowest BCUT2D eigenvalue weighted by atomic mass is 9.98. The van der Waals surface area contributed by atoms with Crippen LogP contribution in [0.15, 0.2) is 0 Å².